The summed E-state index contributed by atoms with van der Waals surface area (Å²) in [5.41, 5.74) is -0.0273. The molecule has 0 radical (unpaired) electrons. The summed E-state index contributed by atoms with van der Waals surface area (Å²) in [6.07, 6.45) is 4.65. The number of carbonyl (C=O) groups excluding carboxylic acids is 1. The van der Waals surface area contributed by atoms with E-state index in [1.165, 1.54) is 25.1 Å². The maximum absolute atomic E-state index is 12.1. The number of carbonyl (C=O) groups is 1. The fourth-order valence-corrected chi connectivity index (χ4v) is 2.71. The molecule has 2 aliphatic rings. The molecule has 1 saturated carbocycles. The number of nitro groups is 1. The predicted molar refractivity (Wildman–Crippen MR) is 85.1 cm³/mol. The van der Waals surface area contributed by atoms with E-state index in [-0.39, 0.29) is 17.6 Å². The summed E-state index contributed by atoms with van der Waals surface area (Å²) in [5.74, 6) is 1.50. The summed E-state index contributed by atoms with van der Waals surface area (Å²) in [6.45, 7) is 2.71. The Balaban J connectivity index is 1.43. The second kappa shape index (κ2) is 6.91. The van der Waals surface area contributed by atoms with Gasteiger partial charge in [-0.2, -0.15) is 0 Å². The summed E-state index contributed by atoms with van der Waals surface area (Å²) in [7, 11) is 0. The first kappa shape index (κ1) is 15.7. The van der Waals surface area contributed by atoms with E-state index in [0.717, 1.165) is 25.4 Å². The molecule has 1 amide bonds. The molecule has 1 aliphatic carbocycles. The molecule has 0 aromatic carbocycles. The van der Waals surface area contributed by atoms with Crippen LogP contribution < -0.4 is 10.6 Å². The Hall–Kier alpha value is -2.22. The number of amides is 1. The van der Waals surface area contributed by atoms with Gasteiger partial charge < -0.3 is 15.5 Å². The maximum atomic E-state index is 12.1. The zero-order valence-corrected chi connectivity index (χ0v) is 12.9. The first-order valence-corrected chi connectivity index (χ1v) is 7.97. The molecular formula is C15H21N5O3. The molecular weight excluding hydrogens is 298 g/mol. The SMILES string of the molecule is O=C(CNCC1CC1)N1CCC(Nc2ccc([N+](=O)[O-])cn2)C1. The minimum atomic E-state index is -0.471. The number of likely N-dealkylation sites (tertiary alicyclic amines) is 1. The third-order valence-corrected chi connectivity index (χ3v) is 4.26. The minimum absolute atomic E-state index is 0.0273. The highest BCUT2D eigenvalue weighted by atomic mass is 16.6. The van der Waals surface area contributed by atoms with E-state index in [2.05, 4.69) is 15.6 Å². The van der Waals surface area contributed by atoms with E-state index >= 15 is 0 Å². The Morgan fingerprint density at radius 1 is 1.39 bits per heavy atom. The van der Waals surface area contributed by atoms with Crippen molar-refractivity contribution in [2.45, 2.75) is 25.3 Å². The molecule has 0 spiro atoms. The molecule has 1 unspecified atom stereocenters. The molecule has 8 nitrogen and oxygen atoms in total. The van der Waals surface area contributed by atoms with Crippen LogP contribution in [0.5, 0.6) is 0 Å². The van der Waals surface area contributed by atoms with E-state index in [1.54, 1.807) is 6.07 Å². The zero-order chi connectivity index (χ0) is 16.2. The van der Waals surface area contributed by atoms with Crippen molar-refractivity contribution in [1.29, 1.82) is 0 Å². The maximum Gasteiger partial charge on any atom is 0.287 e. The lowest BCUT2D eigenvalue weighted by Gasteiger charge is -2.17. The standard InChI is InChI=1S/C15H21N5O3/c21-15(9-16-7-11-1-2-11)19-6-5-12(10-19)18-14-4-3-13(8-17-14)20(22)23/h3-4,8,11-12,16H,1-2,5-7,9-10H2,(H,17,18). The van der Waals surface area contributed by atoms with Crippen LogP contribution in [0, 0.1) is 16.0 Å². The molecule has 8 heteroatoms. The first-order chi connectivity index (χ1) is 11.1. The van der Waals surface area contributed by atoms with Crippen molar-refractivity contribution in [2.24, 2.45) is 5.92 Å². The molecule has 23 heavy (non-hydrogen) atoms. The van der Waals surface area contributed by atoms with Gasteiger partial charge in [-0.3, -0.25) is 14.9 Å². The summed E-state index contributed by atoms with van der Waals surface area (Å²) in [4.78, 5) is 28.1. The Morgan fingerprint density at radius 2 is 2.22 bits per heavy atom. The lowest BCUT2D eigenvalue weighted by molar-refractivity contribution is -0.385. The number of rotatable bonds is 7. The van der Waals surface area contributed by atoms with Gasteiger partial charge >= 0.3 is 0 Å². The van der Waals surface area contributed by atoms with Crippen molar-refractivity contribution >= 4 is 17.4 Å². The molecule has 1 atom stereocenters. The highest BCUT2D eigenvalue weighted by Gasteiger charge is 2.27. The van der Waals surface area contributed by atoms with Crippen LogP contribution in [0.2, 0.25) is 0 Å². The second-order valence-corrected chi connectivity index (χ2v) is 6.20. The Bertz CT molecular complexity index is 573. The van der Waals surface area contributed by atoms with E-state index in [4.69, 9.17) is 0 Å². The van der Waals surface area contributed by atoms with Crippen LogP contribution in [0.4, 0.5) is 11.5 Å². The normalized spacial score (nSPS) is 20.5. The molecule has 2 heterocycles. The molecule has 1 saturated heterocycles. The number of aromatic nitrogens is 1. The summed E-state index contributed by atoms with van der Waals surface area (Å²) in [6, 6.07) is 3.16. The van der Waals surface area contributed by atoms with Gasteiger partial charge in [0.25, 0.3) is 5.69 Å². The number of pyridine rings is 1. The summed E-state index contributed by atoms with van der Waals surface area (Å²) >= 11 is 0. The smallest absolute Gasteiger partial charge is 0.287 e. The predicted octanol–water partition coefficient (Wildman–Crippen LogP) is 1.00. The van der Waals surface area contributed by atoms with Crippen molar-refractivity contribution in [3.63, 3.8) is 0 Å². The van der Waals surface area contributed by atoms with E-state index in [0.29, 0.717) is 18.9 Å². The number of hydrogen-bond donors (Lipinski definition) is 2. The van der Waals surface area contributed by atoms with Crippen LogP contribution in [0.1, 0.15) is 19.3 Å². The second-order valence-electron chi connectivity index (χ2n) is 6.20. The highest BCUT2D eigenvalue weighted by Crippen LogP contribution is 2.27. The largest absolute Gasteiger partial charge is 0.365 e. The minimum Gasteiger partial charge on any atom is -0.365 e. The van der Waals surface area contributed by atoms with Crippen LogP contribution in [-0.2, 0) is 4.79 Å². The number of hydrogen-bond acceptors (Lipinski definition) is 6. The van der Waals surface area contributed by atoms with Crippen molar-refractivity contribution < 1.29 is 9.72 Å². The lowest BCUT2D eigenvalue weighted by Crippen LogP contribution is -2.38. The molecule has 1 aromatic heterocycles. The van der Waals surface area contributed by atoms with Crippen molar-refractivity contribution in [3.8, 4) is 0 Å². The van der Waals surface area contributed by atoms with Gasteiger partial charge in [0, 0.05) is 25.2 Å². The Kier molecular flexibility index (Phi) is 4.71. The molecule has 0 bridgehead atoms. The molecule has 3 rings (SSSR count). The van der Waals surface area contributed by atoms with E-state index in [1.807, 2.05) is 4.90 Å². The van der Waals surface area contributed by atoms with Crippen molar-refractivity contribution in [1.82, 2.24) is 15.2 Å². The van der Waals surface area contributed by atoms with Crippen molar-refractivity contribution in [3.05, 3.63) is 28.4 Å². The number of anilines is 1. The van der Waals surface area contributed by atoms with Gasteiger partial charge in [-0.25, -0.2) is 4.98 Å². The van der Waals surface area contributed by atoms with Crippen LogP contribution >= 0.6 is 0 Å². The quantitative estimate of drug-likeness (QED) is 0.574. The van der Waals surface area contributed by atoms with Crippen LogP contribution in [0.25, 0.3) is 0 Å². The average Bonchev–Trinajstić information content (AvgIpc) is 3.24. The molecule has 1 aliphatic heterocycles. The Labute approximate surface area is 134 Å². The molecule has 124 valence electrons. The van der Waals surface area contributed by atoms with Crippen molar-refractivity contribution in [2.75, 3.05) is 31.5 Å². The summed E-state index contributed by atoms with van der Waals surface area (Å²) in [5, 5.41) is 17.0. The average molecular weight is 319 g/mol. The monoisotopic (exact) mass is 319 g/mol. The Morgan fingerprint density at radius 3 is 2.87 bits per heavy atom. The van der Waals surface area contributed by atoms with Gasteiger partial charge in [0.05, 0.1) is 11.5 Å². The third kappa shape index (κ3) is 4.38. The topological polar surface area (TPSA) is 100 Å². The molecule has 2 fully saturated rings. The number of nitrogens with zero attached hydrogens (tertiary/aromatic N) is 3. The van der Waals surface area contributed by atoms with E-state index in [9.17, 15) is 14.9 Å². The fourth-order valence-electron chi connectivity index (χ4n) is 2.71. The molecule has 2 N–H and O–H groups in total. The van der Waals surface area contributed by atoms with Crippen LogP contribution in [0.3, 0.4) is 0 Å². The van der Waals surface area contributed by atoms with Crippen LogP contribution in [-0.4, -0.2) is 52.9 Å². The highest BCUT2D eigenvalue weighted by molar-refractivity contribution is 5.78. The first-order valence-electron chi connectivity index (χ1n) is 7.97. The lowest BCUT2D eigenvalue weighted by atomic mass is 10.2. The van der Waals surface area contributed by atoms with Gasteiger partial charge in [-0.15, -0.1) is 0 Å². The number of nitrogens with one attached hydrogen (secondary N) is 2. The molecule has 1 aromatic rings. The van der Waals surface area contributed by atoms with E-state index < -0.39 is 4.92 Å². The van der Waals surface area contributed by atoms with Gasteiger partial charge in [0.1, 0.15) is 12.0 Å². The van der Waals surface area contributed by atoms with Gasteiger partial charge in [-0.05, 0) is 37.8 Å². The van der Waals surface area contributed by atoms with Gasteiger partial charge in [0.15, 0.2) is 0 Å². The zero-order valence-electron chi connectivity index (χ0n) is 12.9. The van der Waals surface area contributed by atoms with Crippen LogP contribution in [0.15, 0.2) is 18.3 Å². The fraction of sp³-hybridized carbons (Fsp3) is 0.600. The van der Waals surface area contributed by atoms with Gasteiger partial charge in [-0.1, -0.05) is 0 Å². The summed E-state index contributed by atoms with van der Waals surface area (Å²) < 4.78 is 0. The van der Waals surface area contributed by atoms with Gasteiger partial charge in [0.2, 0.25) is 5.91 Å². The third-order valence-electron chi connectivity index (χ3n) is 4.26.